The number of unbranched alkanes of at least 4 members (excludes halogenated alkanes) is 1. The van der Waals surface area contributed by atoms with Crippen molar-refractivity contribution in [3.8, 4) is 0 Å². The maximum absolute atomic E-state index is 11.3. The van der Waals surface area contributed by atoms with Crippen molar-refractivity contribution in [1.29, 1.82) is 0 Å². The van der Waals surface area contributed by atoms with Crippen LogP contribution < -0.4 is 21.7 Å². The van der Waals surface area contributed by atoms with Gasteiger partial charge in [-0.2, -0.15) is 0 Å². The minimum absolute atomic E-state index is 0.0646. The third kappa shape index (κ3) is 12.6. The molecule has 21 heavy (non-hydrogen) atoms. The van der Waals surface area contributed by atoms with Crippen LogP contribution in [0.25, 0.3) is 0 Å². The van der Waals surface area contributed by atoms with Gasteiger partial charge in [-0.15, -0.1) is 0 Å². The van der Waals surface area contributed by atoms with Gasteiger partial charge >= 0.3 is 5.97 Å². The van der Waals surface area contributed by atoms with Crippen molar-refractivity contribution < 1.29 is 24.3 Å². The van der Waals surface area contributed by atoms with E-state index >= 15 is 0 Å². The standard InChI is InChI=1S/C12H22N4O5/c13-5-4-9(17)15-8-11(19)16-7-10(18)14-6-2-1-3-12(20)21/h1-8,13H2,(H,14,18)(H,15,17)(H,16,19)(H,20,21). The number of carboxylic acid groups (broad SMARTS) is 1. The summed E-state index contributed by atoms with van der Waals surface area (Å²) in [5, 5.41) is 15.7. The summed E-state index contributed by atoms with van der Waals surface area (Å²) in [6.45, 7) is 0.169. The molecule has 0 aliphatic heterocycles. The molecule has 0 saturated carbocycles. The molecule has 0 aromatic carbocycles. The van der Waals surface area contributed by atoms with Crippen molar-refractivity contribution in [2.24, 2.45) is 5.73 Å². The zero-order valence-corrected chi connectivity index (χ0v) is 11.8. The van der Waals surface area contributed by atoms with Crippen LogP contribution in [0.15, 0.2) is 0 Å². The number of carbonyl (C=O) groups is 4. The van der Waals surface area contributed by atoms with Crippen LogP contribution in [0.5, 0.6) is 0 Å². The van der Waals surface area contributed by atoms with Gasteiger partial charge in [-0.1, -0.05) is 0 Å². The number of carboxylic acids is 1. The van der Waals surface area contributed by atoms with Gasteiger partial charge in [-0.3, -0.25) is 19.2 Å². The van der Waals surface area contributed by atoms with E-state index < -0.39 is 11.9 Å². The Morgan fingerprint density at radius 3 is 1.95 bits per heavy atom. The Bertz CT molecular complexity index is 373. The lowest BCUT2D eigenvalue weighted by molar-refractivity contribution is -0.137. The number of rotatable bonds is 11. The average molecular weight is 302 g/mol. The van der Waals surface area contributed by atoms with Crippen molar-refractivity contribution in [2.75, 3.05) is 26.2 Å². The molecule has 0 fully saturated rings. The Morgan fingerprint density at radius 1 is 0.810 bits per heavy atom. The highest BCUT2D eigenvalue weighted by Gasteiger charge is 2.07. The zero-order chi connectivity index (χ0) is 16.1. The molecule has 6 N–H and O–H groups in total. The molecular weight excluding hydrogens is 280 g/mol. The zero-order valence-electron chi connectivity index (χ0n) is 11.8. The second kappa shape index (κ2) is 11.6. The molecule has 0 radical (unpaired) electrons. The number of aliphatic carboxylic acids is 1. The SMILES string of the molecule is NCCC(=O)NCC(=O)NCC(=O)NCCCCC(=O)O. The van der Waals surface area contributed by atoms with Gasteiger partial charge in [0.2, 0.25) is 17.7 Å². The lowest BCUT2D eigenvalue weighted by Crippen LogP contribution is -2.42. The number of nitrogens with one attached hydrogen (secondary N) is 3. The van der Waals surface area contributed by atoms with Crippen LogP contribution in [-0.4, -0.2) is 55.0 Å². The van der Waals surface area contributed by atoms with Crippen LogP contribution >= 0.6 is 0 Å². The molecule has 9 nitrogen and oxygen atoms in total. The molecule has 0 aromatic heterocycles. The van der Waals surface area contributed by atoms with Crippen LogP contribution in [0.1, 0.15) is 25.7 Å². The third-order valence-electron chi connectivity index (χ3n) is 2.40. The molecule has 3 amide bonds. The summed E-state index contributed by atoms with van der Waals surface area (Å²) in [5.41, 5.74) is 5.17. The summed E-state index contributed by atoms with van der Waals surface area (Å²) in [7, 11) is 0. The summed E-state index contributed by atoms with van der Waals surface area (Å²) in [4.78, 5) is 43.9. The molecule has 0 spiro atoms. The van der Waals surface area contributed by atoms with Crippen molar-refractivity contribution in [3.63, 3.8) is 0 Å². The van der Waals surface area contributed by atoms with Crippen LogP contribution in [-0.2, 0) is 19.2 Å². The predicted molar refractivity (Wildman–Crippen MR) is 74.2 cm³/mol. The molecule has 0 unspecified atom stereocenters. The maximum Gasteiger partial charge on any atom is 0.303 e. The van der Waals surface area contributed by atoms with Gasteiger partial charge in [0.1, 0.15) is 0 Å². The molecule has 0 saturated heterocycles. The van der Waals surface area contributed by atoms with E-state index in [2.05, 4.69) is 16.0 Å². The van der Waals surface area contributed by atoms with Crippen LogP contribution in [0.3, 0.4) is 0 Å². The summed E-state index contributed by atoms with van der Waals surface area (Å²) in [6, 6.07) is 0. The molecule has 0 bridgehead atoms. The van der Waals surface area contributed by atoms with Gasteiger partial charge in [0.25, 0.3) is 0 Å². The second-order valence-corrected chi connectivity index (χ2v) is 4.29. The highest BCUT2D eigenvalue weighted by molar-refractivity contribution is 5.88. The van der Waals surface area contributed by atoms with Crippen molar-refractivity contribution in [2.45, 2.75) is 25.7 Å². The number of nitrogens with two attached hydrogens (primary N) is 1. The van der Waals surface area contributed by atoms with E-state index in [1.807, 2.05) is 0 Å². The van der Waals surface area contributed by atoms with Crippen molar-refractivity contribution in [1.82, 2.24) is 16.0 Å². The van der Waals surface area contributed by atoms with Gasteiger partial charge in [0.05, 0.1) is 13.1 Å². The topological polar surface area (TPSA) is 151 Å². The third-order valence-corrected chi connectivity index (χ3v) is 2.40. The lowest BCUT2D eigenvalue weighted by Gasteiger charge is -2.07. The summed E-state index contributed by atoms with van der Waals surface area (Å²) in [6.07, 6.45) is 1.25. The Balaban J connectivity index is 3.57. The molecule has 0 aromatic rings. The fourth-order valence-electron chi connectivity index (χ4n) is 1.33. The minimum atomic E-state index is -0.870. The van der Waals surface area contributed by atoms with Crippen molar-refractivity contribution in [3.05, 3.63) is 0 Å². The number of hydrogen-bond acceptors (Lipinski definition) is 5. The number of carbonyl (C=O) groups excluding carboxylic acids is 3. The Hall–Kier alpha value is -2.16. The van der Waals surface area contributed by atoms with E-state index in [4.69, 9.17) is 10.8 Å². The predicted octanol–water partition coefficient (Wildman–Crippen LogP) is -2.06. The van der Waals surface area contributed by atoms with E-state index in [0.29, 0.717) is 19.4 Å². The number of hydrogen-bond donors (Lipinski definition) is 5. The Morgan fingerprint density at radius 2 is 1.38 bits per heavy atom. The normalized spacial score (nSPS) is 9.76. The van der Waals surface area contributed by atoms with E-state index in [9.17, 15) is 19.2 Å². The molecule has 0 aliphatic rings. The smallest absolute Gasteiger partial charge is 0.303 e. The summed E-state index contributed by atoms with van der Waals surface area (Å²) in [5.74, 6) is -2.03. The van der Waals surface area contributed by atoms with Crippen LogP contribution in [0, 0.1) is 0 Å². The number of amides is 3. The minimum Gasteiger partial charge on any atom is -0.481 e. The van der Waals surface area contributed by atoms with Gasteiger partial charge in [-0.05, 0) is 12.8 Å². The van der Waals surface area contributed by atoms with Gasteiger partial charge < -0.3 is 26.8 Å². The molecule has 9 heteroatoms. The highest BCUT2D eigenvalue weighted by Crippen LogP contribution is 1.92. The van der Waals surface area contributed by atoms with Crippen molar-refractivity contribution >= 4 is 23.7 Å². The fourth-order valence-corrected chi connectivity index (χ4v) is 1.33. The van der Waals surface area contributed by atoms with E-state index in [0.717, 1.165) is 0 Å². The maximum atomic E-state index is 11.3. The largest absolute Gasteiger partial charge is 0.481 e. The van der Waals surface area contributed by atoms with Crippen LogP contribution in [0.2, 0.25) is 0 Å². The van der Waals surface area contributed by atoms with E-state index in [-0.39, 0.29) is 44.3 Å². The molecule has 0 heterocycles. The van der Waals surface area contributed by atoms with E-state index in [1.54, 1.807) is 0 Å². The van der Waals surface area contributed by atoms with Crippen LogP contribution in [0.4, 0.5) is 0 Å². The first kappa shape index (κ1) is 18.8. The molecule has 0 atom stereocenters. The highest BCUT2D eigenvalue weighted by atomic mass is 16.4. The van der Waals surface area contributed by atoms with Gasteiger partial charge in [0.15, 0.2) is 0 Å². The Labute approximate surface area is 122 Å². The molecular formula is C12H22N4O5. The van der Waals surface area contributed by atoms with E-state index in [1.165, 1.54) is 0 Å². The average Bonchev–Trinajstić information content (AvgIpc) is 2.42. The van der Waals surface area contributed by atoms with Gasteiger partial charge in [0, 0.05) is 25.9 Å². The first-order chi connectivity index (χ1) is 9.95. The molecule has 0 rings (SSSR count). The monoisotopic (exact) mass is 302 g/mol. The molecule has 120 valence electrons. The lowest BCUT2D eigenvalue weighted by atomic mass is 10.2. The molecule has 0 aliphatic carbocycles. The fraction of sp³-hybridized carbons (Fsp3) is 0.667. The first-order valence-electron chi connectivity index (χ1n) is 6.67. The quantitative estimate of drug-likeness (QED) is 0.277. The Kier molecular flexibility index (Phi) is 10.5. The summed E-state index contributed by atoms with van der Waals surface area (Å²) < 4.78 is 0. The summed E-state index contributed by atoms with van der Waals surface area (Å²) >= 11 is 0. The first-order valence-corrected chi connectivity index (χ1v) is 6.67. The second-order valence-electron chi connectivity index (χ2n) is 4.29. The van der Waals surface area contributed by atoms with Gasteiger partial charge in [-0.25, -0.2) is 0 Å².